The lowest BCUT2D eigenvalue weighted by Crippen LogP contribution is -2.21. The summed E-state index contributed by atoms with van der Waals surface area (Å²) in [4.78, 5) is 16.4. The number of nitrogens with zero attached hydrogens (tertiary/aromatic N) is 1. The van der Waals surface area contributed by atoms with Crippen molar-refractivity contribution in [3.05, 3.63) is 64.8 Å². The van der Waals surface area contributed by atoms with Crippen LogP contribution in [0.1, 0.15) is 0 Å². The van der Waals surface area contributed by atoms with Crippen LogP contribution in [0.25, 0.3) is 10.9 Å². The topological polar surface area (TPSA) is 54.0 Å². The van der Waals surface area contributed by atoms with E-state index in [9.17, 15) is 4.79 Å². The second-order valence-electron chi connectivity index (χ2n) is 4.91. The summed E-state index contributed by atoms with van der Waals surface area (Å²) >= 11 is 11.8. The van der Waals surface area contributed by atoms with Gasteiger partial charge in [0.15, 0.2) is 0 Å². The van der Waals surface area contributed by atoms with Gasteiger partial charge in [-0.25, -0.2) is 0 Å². The average Bonchev–Trinajstić information content (AvgIpc) is 2.56. The summed E-state index contributed by atoms with van der Waals surface area (Å²) in [5.74, 6) is -0.172. The maximum absolute atomic E-state index is 12.1. The Morgan fingerprint density at radius 2 is 1.87 bits per heavy atom. The van der Waals surface area contributed by atoms with Crippen LogP contribution < -0.4 is 10.6 Å². The zero-order valence-electron chi connectivity index (χ0n) is 12.0. The Balaban J connectivity index is 1.68. The highest BCUT2D eigenvalue weighted by Crippen LogP contribution is 2.25. The molecular weight excluding hydrogens is 333 g/mol. The molecule has 0 unspecified atom stereocenters. The Morgan fingerprint density at radius 1 is 1.04 bits per heavy atom. The van der Waals surface area contributed by atoms with Gasteiger partial charge in [-0.15, -0.1) is 0 Å². The zero-order chi connectivity index (χ0) is 16.2. The maximum Gasteiger partial charge on any atom is 0.243 e. The van der Waals surface area contributed by atoms with Crippen LogP contribution in [-0.4, -0.2) is 17.4 Å². The summed E-state index contributed by atoms with van der Waals surface area (Å²) in [6.45, 7) is 0.112. The predicted octanol–water partition coefficient (Wildman–Crippen LogP) is 4.59. The predicted molar refractivity (Wildman–Crippen MR) is 95.3 cm³/mol. The van der Waals surface area contributed by atoms with Gasteiger partial charge in [0.1, 0.15) is 0 Å². The normalized spacial score (nSPS) is 10.5. The fourth-order valence-electron chi connectivity index (χ4n) is 2.19. The Bertz CT molecular complexity index is 862. The lowest BCUT2D eigenvalue weighted by molar-refractivity contribution is -0.114. The fraction of sp³-hybridized carbons (Fsp3) is 0.0588. The molecule has 0 saturated heterocycles. The number of carbonyl (C=O) groups is 1. The molecule has 4 nitrogen and oxygen atoms in total. The van der Waals surface area contributed by atoms with Crippen LogP contribution in [0.2, 0.25) is 10.0 Å². The third-order valence-corrected chi connectivity index (χ3v) is 4.02. The van der Waals surface area contributed by atoms with Crippen molar-refractivity contribution in [2.45, 2.75) is 0 Å². The fourth-order valence-corrected chi connectivity index (χ4v) is 2.49. The van der Waals surface area contributed by atoms with E-state index in [-0.39, 0.29) is 12.5 Å². The van der Waals surface area contributed by atoms with Crippen LogP contribution in [0, 0.1) is 0 Å². The lowest BCUT2D eigenvalue weighted by Gasteiger charge is -2.10. The third kappa shape index (κ3) is 3.73. The molecule has 0 aliphatic carbocycles. The Morgan fingerprint density at radius 3 is 2.70 bits per heavy atom. The molecule has 1 aromatic heterocycles. The van der Waals surface area contributed by atoms with Gasteiger partial charge in [0.05, 0.1) is 27.8 Å². The minimum atomic E-state index is -0.172. The molecule has 0 spiro atoms. The van der Waals surface area contributed by atoms with Gasteiger partial charge in [0, 0.05) is 17.3 Å². The van der Waals surface area contributed by atoms with Crippen LogP contribution in [0.5, 0.6) is 0 Å². The molecule has 0 saturated carbocycles. The molecule has 3 aromatic rings. The largest absolute Gasteiger partial charge is 0.376 e. The van der Waals surface area contributed by atoms with E-state index in [2.05, 4.69) is 15.6 Å². The molecule has 0 fully saturated rings. The molecule has 2 aromatic carbocycles. The zero-order valence-corrected chi connectivity index (χ0v) is 13.5. The number of para-hydroxylation sites is 1. The van der Waals surface area contributed by atoms with Crippen LogP contribution >= 0.6 is 23.2 Å². The molecule has 1 amide bonds. The average molecular weight is 346 g/mol. The molecule has 0 bridgehead atoms. The van der Waals surface area contributed by atoms with Crippen molar-refractivity contribution in [2.75, 3.05) is 17.2 Å². The quantitative estimate of drug-likeness (QED) is 0.726. The third-order valence-electron chi connectivity index (χ3n) is 3.28. The number of amides is 1. The molecule has 3 rings (SSSR count). The van der Waals surface area contributed by atoms with E-state index in [0.29, 0.717) is 15.7 Å². The first-order chi connectivity index (χ1) is 11.1. The molecule has 0 radical (unpaired) electrons. The number of carbonyl (C=O) groups excluding carboxylic acids is 1. The molecule has 2 N–H and O–H groups in total. The van der Waals surface area contributed by atoms with Crippen molar-refractivity contribution in [2.24, 2.45) is 0 Å². The van der Waals surface area contributed by atoms with Gasteiger partial charge >= 0.3 is 0 Å². The van der Waals surface area contributed by atoms with Gasteiger partial charge in [-0.1, -0.05) is 41.4 Å². The van der Waals surface area contributed by atoms with Crippen molar-refractivity contribution < 1.29 is 4.79 Å². The number of fused-ring (bicyclic) bond motifs is 1. The van der Waals surface area contributed by atoms with Crippen LogP contribution in [0.3, 0.4) is 0 Å². The molecule has 0 atom stereocenters. The van der Waals surface area contributed by atoms with Gasteiger partial charge in [0.2, 0.25) is 5.91 Å². The van der Waals surface area contributed by atoms with Crippen LogP contribution in [0.4, 0.5) is 11.4 Å². The summed E-state index contributed by atoms with van der Waals surface area (Å²) in [6.07, 6.45) is 1.70. The second kappa shape index (κ2) is 6.86. The van der Waals surface area contributed by atoms with E-state index >= 15 is 0 Å². The number of halogens is 2. The molecule has 0 aliphatic heterocycles. The Labute approximate surface area is 143 Å². The standard InChI is InChI=1S/C17H13Cl2N3O/c18-13-7-6-12(9-14(13)19)21-10-16(23)22-15-5-1-3-11-4-2-8-20-17(11)15/h1-9,21H,10H2,(H,22,23). The number of nitrogens with one attached hydrogen (secondary N) is 2. The monoisotopic (exact) mass is 345 g/mol. The summed E-state index contributed by atoms with van der Waals surface area (Å²) in [5, 5.41) is 7.75. The van der Waals surface area contributed by atoms with Crippen LogP contribution in [0.15, 0.2) is 54.7 Å². The summed E-state index contributed by atoms with van der Waals surface area (Å²) in [5.41, 5.74) is 2.17. The summed E-state index contributed by atoms with van der Waals surface area (Å²) in [6, 6.07) is 14.6. The number of anilines is 2. The van der Waals surface area contributed by atoms with Gasteiger partial charge < -0.3 is 10.6 Å². The number of benzene rings is 2. The van der Waals surface area contributed by atoms with Crippen molar-refractivity contribution in [3.8, 4) is 0 Å². The minimum Gasteiger partial charge on any atom is -0.376 e. The highest BCUT2D eigenvalue weighted by Gasteiger charge is 2.07. The lowest BCUT2D eigenvalue weighted by atomic mass is 10.2. The summed E-state index contributed by atoms with van der Waals surface area (Å²) in [7, 11) is 0. The van der Waals surface area contributed by atoms with Crippen LogP contribution in [-0.2, 0) is 4.79 Å². The van der Waals surface area contributed by atoms with Gasteiger partial charge in [-0.3, -0.25) is 9.78 Å². The van der Waals surface area contributed by atoms with Crippen molar-refractivity contribution in [3.63, 3.8) is 0 Å². The Hall–Kier alpha value is -2.30. The highest BCUT2D eigenvalue weighted by molar-refractivity contribution is 6.42. The molecule has 6 heteroatoms. The number of aromatic nitrogens is 1. The van der Waals surface area contributed by atoms with Gasteiger partial charge in [0.25, 0.3) is 0 Å². The van der Waals surface area contributed by atoms with Crippen molar-refractivity contribution in [1.29, 1.82) is 0 Å². The first kappa shape index (κ1) is 15.6. The van der Waals surface area contributed by atoms with E-state index in [0.717, 1.165) is 16.6 Å². The van der Waals surface area contributed by atoms with E-state index in [4.69, 9.17) is 23.2 Å². The number of pyridine rings is 1. The molecule has 1 heterocycles. The smallest absolute Gasteiger partial charge is 0.243 e. The van der Waals surface area contributed by atoms with E-state index < -0.39 is 0 Å². The Kier molecular flexibility index (Phi) is 4.65. The minimum absolute atomic E-state index is 0.112. The summed E-state index contributed by atoms with van der Waals surface area (Å²) < 4.78 is 0. The maximum atomic E-state index is 12.1. The van der Waals surface area contributed by atoms with Crippen molar-refractivity contribution >= 4 is 51.4 Å². The van der Waals surface area contributed by atoms with E-state index in [1.165, 1.54) is 0 Å². The molecule has 0 aliphatic rings. The van der Waals surface area contributed by atoms with Gasteiger partial charge in [-0.2, -0.15) is 0 Å². The van der Waals surface area contributed by atoms with Crippen molar-refractivity contribution in [1.82, 2.24) is 4.98 Å². The second-order valence-corrected chi connectivity index (χ2v) is 5.73. The van der Waals surface area contributed by atoms with Gasteiger partial charge in [-0.05, 0) is 30.3 Å². The number of rotatable bonds is 4. The van der Waals surface area contributed by atoms with E-state index in [1.807, 2.05) is 30.3 Å². The first-order valence-electron chi connectivity index (χ1n) is 6.96. The first-order valence-corrected chi connectivity index (χ1v) is 7.71. The molecule has 116 valence electrons. The molecular formula is C17H13Cl2N3O. The highest BCUT2D eigenvalue weighted by atomic mass is 35.5. The number of hydrogen-bond acceptors (Lipinski definition) is 3. The molecule has 23 heavy (non-hydrogen) atoms. The SMILES string of the molecule is O=C(CNc1ccc(Cl)c(Cl)c1)Nc1cccc2cccnc12. The van der Waals surface area contributed by atoms with E-state index in [1.54, 1.807) is 24.4 Å². The number of hydrogen-bond donors (Lipinski definition) is 2.